The number of benzene rings is 1. The third-order valence-corrected chi connectivity index (χ3v) is 6.65. The van der Waals surface area contributed by atoms with Crippen molar-refractivity contribution in [3.05, 3.63) is 57.9 Å². The number of carbonyl (C=O) groups excluding carboxylic acids is 1. The van der Waals surface area contributed by atoms with Crippen LogP contribution in [0.1, 0.15) is 29.8 Å². The van der Waals surface area contributed by atoms with E-state index in [-0.39, 0.29) is 17.6 Å². The Hall–Kier alpha value is -2.75. The molecule has 2 saturated heterocycles. The van der Waals surface area contributed by atoms with Crippen LogP contribution in [0.5, 0.6) is 0 Å². The highest BCUT2D eigenvalue weighted by Crippen LogP contribution is 2.24. The average Bonchev–Trinajstić information content (AvgIpc) is 3.41. The van der Waals surface area contributed by atoms with Gasteiger partial charge in [-0.2, -0.15) is 5.26 Å². The van der Waals surface area contributed by atoms with Gasteiger partial charge in [0.15, 0.2) is 0 Å². The smallest absolute Gasteiger partial charge is 0.264 e. The number of carbonyl (C=O) groups is 1. The van der Waals surface area contributed by atoms with Crippen LogP contribution < -0.4 is 4.90 Å². The van der Waals surface area contributed by atoms with Crippen LogP contribution in [0.25, 0.3) is 6.08 Å². The monoisotopic (exact) mass is 452 g/mol. The number of aryl methyl sites for hydroxylation is 1. The predicted molar refractivity (Wildman–Crippen MR) is 127 cm³/mol. The van der Waals surface area contributed by atoms with Crippen molar-refractivity contribution in [2.24, 2.45) is 0 Å². The number of ether oxygens (including phenoxy) is 1. The van der Waals surface area contributed by atoms with Gasteiger partial charge in [0, 0.05) is 61.4 Å². The zero-order valence-corrected chi connectivity index (χ0v) is 19.4. The number of amides is 1. The molecule has 0 bridgehead atoms. The lowest BCUT2D eigenvalue weighted by atomic mass is 10.1. The molecule has 1 atom stereocenters. The van der Waals surface area contributed by atoms with E-state index in [0.717, 1.165) is 48.6 Å². The fourth-order valence-electron chi connectivity index (χ4n) is 4.56. The molecule has 6 nitrogen and oxygen atoms in total. The molecule has 2 aromatic rings. The zero-order valence-electron chi connectivity index (χ0n) is 18.7. The van der Waals surface area contributed by atoms with Crippen LogP contribution in [0.3, 0.4) is 0 Å². The lowest BCUT2D eigenvalue weighted by Crippen LogP contribution is -2.49. The number of hydrogen-bond acceptors (Lipinski definition) is 4. The number of hydrogen-bond donors (Lipinski definition) is 0. The van der Waals surface area contributed by atoms with Crippen molar-refractivity contribution in [1.29, 1.82) is 5.26 Å². The van der Waals surface area contributed by atoms with E-state index in [4.69, 9.17) is 16.3 Å². The molecule has 1 aromatic carbocycles. The van der Waals surface area contributed by atoms with E-state index in [9.17, 15) is 10.1 Å². The molecule has 0 radical (unpaired) electrons. The van der Waals surface area contributed by atoms with Crippen LogP contribution in [0, 0.1) is 25.2 Å². The second-order valence-electron chi connectivity index (χ2n) is 8.50. The van der Waals surface area contributed by atoms with Crippen LogP contribution >= 0.6 is 11.6 Å². The van der Waals surface area contributed by atoms with Crippen LogP contribution in [0.15, 0.2) is 35.9 Å². The molecule has 1 amide bonds. The van der Waals surface area contributed by atoms with Gasteiger partial charge >= 0.3 is 0 Å². The Labute approximate surface area is 194 Å². The van der Waals surface area contributed by atoms with Crippen LogP contribution in [0.2, 0.25) is 5.02 Å². The Morgan fingerprint density at radius 1 is 1.25 bits per heavy atom. The minimum absolute atomic E-state index is 0.179. The van der Waals surface area contributed by atoms with Gasteiger partial charge in [-0.25, -0.2) is 0 Å². The summed E-state index contributed by atoms with van der Waals surface area (Å²) in [6.07, 6.45) is 4.16. The highest BCUT2D eigenvalue weighted by molar-refractivity contribution is 6.30. The number of nitrogens with zero attached hydrogens (tertiary/aromatic N) is 4. The summed E-state index contributed by atoms with van der Waals surface area (Å²) in [7, 11) is 0. The third kappa shape index (κ3) is 4.85. The summed E-state index contributed by atoms with van der Waals surface area (Å²) in [6.45, 7) is 8.30. The van der Waals surface area contributed by atoms with E-state index in [1.807, 2.05) is 37.3 Å². The quantitative estimate of drug-likeness (QED) is 0.504. The maximum Gasteiger partial charge on any atom is 0.264 e. The molecule has 3 heterocycles. The van der Waals surface area contributed by atoms with E-state index >= 15 is 0 Å². The van der Waals surface area contributed by atoms with Crippen LogP contribution in [0.4, 0.5) is 5.69 Å². The lowest BCUT2D eigenvalue weighted by Gasteiger charge is -2.36. The maximum atomic E-state index is 13.1. The van der Waals surface area contributed by atoms with E-state index in [2.05, 4.69) is 22.5 Å². The molecular weight excluding hydrogens is 424 g/mol. The molecule has 2 aliphatic rings. The summed E-state index contributed by atoms with van der Waals surface area (Å²) in [6, 6.07) is 11.9. The number of anilines is 1. The van der Waals surface area contributed by atoms with Gasteiger partial charge in [-0.3, -0.25) is 4.79 Å². The molecular formula is C25H29ClN4O2. The third-order valence-electron chi connectivity index (χ3n) is 6.41. The number of piperazine rings is 1. The molecule has 2 aliphatic heterocycles. The minimum atomic E-state index is -0.206. The van der Waals surface area contributed by atoms with Crippen molar-refractivity contribution in [2.45, 2.75) is 39.3 Å². The fraction of sp³-hybridized carbons (Fsp3) is 0.440. The first-order valence-electron chi connectivity index (χ1n) is 11.2. The summed E-state index contributed by atoms with van der Waals surface area (Å²) in [5, 5.41) is 10.4. The van der Waals surface area contributed by atoms with E-state index in [1.54, 1.807) is 11.0 Å². The Kier molecular flexibility index (Phi) is 6.88. The summed E-state index contributed by atoms with van der Waals surface area (Å²) in [5.74, 6) is -0.206. The summed E-state index contributed by atoms with van der Waals surface area (Å²) < 4.78 is 8.01. The molecule has 1 unspecified atom stereocenters. The Bertz CT molecular complexity index is 1050. The SMILES string of the molecule is Cc1cc(/C=C(\C#N)C(=O)N2CCN(c3cccc(Cl)c3)CC2)c(C)n1CC1CCCO1. The van der Waals surface area contributed by atoms with Gasteiger partial charge in [0.1, 0.15) is 11.6 Å². The second kappa shape index (κ2) is 9.81. The number of nitriles is 1. The minimum Gasteiger partial charge on any atom is -0.376 e. The molecule has 0 N–H and O–H groups in total. The van der Waals surface area contributed by atoms with E-state index < -0.39 is 0 Å². The molecule has 0 saturated carbocycles. The highest BCUT2D eigenvalue weighted by atomic mass is 35.5. The zero-order chi connectivity index (χ0) is 22.7. The summed E-state index contributed by atoms with van der Waals surface area (Å²) in [5.41, 5.74) is 4.33. The summed E-state index contributed by atoms with van der Waals surface area (Å²) in [4.78, 5) is 17.1. The molecule has 4 rings (SSSR count). The van der Waals surface area contributed by atoms with Gasteiger partial charge in [-0.05, 0) is 62.6 Å². The van der Waals surface area contributed by atoms with Crippen molar-refractivity contribution in [1.82, 2.24) is 9.47 Å². The van der Waals surface area contributed by atoms with Crippen molar-refractivity contribution in [3.63, 3.8) is 0 Å². The molecule has 168 valence electrons. The first-order chi connectivity index (χ1) is 15.5. The molecule has 0 spiro atoms. The highest BCUT2D eigenvalue weighted by Gasteiger charge is 2.25. The number of halogens is 1. The Morgan fingerprint density at radius 3 is 2.69 bits per heavy atom. The molecule has 0 aliphatic carbocycles. The van der Waals surface area contributed by atoms with Crippen molar-refractivity contribution < 1.29 is 9.53 Å². The number of rotatable bonds is 5. The van der Waals surface area contributed by atoms with E-state index in [1.165, 1.54) is 0 Å². The van der Waals surface area contributed by atoms with Gasteiger partial charge in [0.05, 0.1) is 6.10 Å². The molecule has 1 aromatic heterocycles. The van der Waals surface area contributed by atoms with Gasteiger partial charge in [-0.1, -0.05) is 17.7 Å². The largest absolute Gasteiger partial charge is 0.376 e. The Morgan fingerprint density at radius 2 is 2.03 bits per heavy atom. The molecule has 32 heavy (non-hydrogen) atoms. The second-order valence-corrected chi connectivity index (χ2v) is 8.94. The fourth-order valence-corrected chi connectivity index (χ4v) is 4.74. The predicted octanol–water partition coefficient (Wildman–Crippen LogP) is 4.19. The standard InChI is InChI=1S/C25H29ClN4O2/c1-18-13-20(19(2)30(18)17-24-7-4-12-32-24)14-21(16-27)25(31)29-10-8-28(9-11-29)23-6-3-5-22(26)15-23/h3,5-6,13-15,24H,4,7-12,17H2,1-2H3/b21-14+. The van der Waals surface area contributed by atoms with Crippen molar-refractivity contribution in [2.75, 3.05) is 37.7 Å². The van der Waals surface area contributed by atoms with Gasteiger partial charge in [-0.15, -0.1) is 0 Å². The van der Waals surface area contributed by atoms with Crippen molar-refractivity contribution in [3.8, 4) is 6.07 Å². The normalized spacial score (nSPS) is 19.3. The van der Waals surface area contributed by atoms with Crippen LogP contribution in [-0.2, 0) is 16.1 Å². The van der Waals surface area contributed by atoms with Gasteiger partial charge in [0.25, 0.3) is 5.91 Å². The first-order valence-corrected chi connectivity index (χ1v) is 11.5. The lowest BCUT2D eigenvalue weighted by molar-refractivity contribution is -0.126. The first kappa shape index (κ1) is 22.4. The summed E-state index contributed by atoms with van der Waals surface area (Å²) >= 11 is 6.11. The molecule has 7 heteroatoms. The van der Waals surface area contributed by atoms with Gasteiger partial charge in [0.2, 0.25) is 0 Å². The van der Waals surface area contributed by atoms with Gasteiger partial charge < -0.3 is 19.1 Å². The Balaban J connectivity index is 1.45. The maximum absolute atomic E-state index is 13.1. The average molecular weight is 453 g/mol. The topological polar surface area (TPSA) is 61.5 Å². The molecule has 2 fully saturated rings. The van der Waals surface area contributed by atoms with Crippen molar-refractivity contribution >= 4 is 29.3 Å². The van der Waals surface area contributed by atoms with Crippen LogP contribution in [-0.4, -0.2) is 54.3 Å². The number of aromatic nitrogens is 1. The van der Waals surface area contributed by atoms with E-state index in [0.29, 0.717) is 31.2 Å².